The molecule has 0 amide bonds. The van der Waals surface area contributed by atoms with Crippen LogP contribution in [0, 0.1) is 23.2 Å². The summed E-state index contributed by atoms with van der Waals surface area (Å²) in [5.41, 5.74) is 3.41. The molecule has 5 atom stereocenters. The van der Waals surface area contributed by atoms with Crippen LogP contribution in [0.15, 0.2) is 12.1 Å². The molecular formula is C21H31NO4S. The molecule has 0 spiro atoms. The van der Waals surface area contributed by atoms with Crippen molar-refractivity contribution in [3.63, 3.8) is 0 Å². The number of hydrogen-bond donors (Lipinski definition) is 1. The van der Waals surface area contributed by atoms with Crippen molar-refractivity contribution in [2.75, 3.05) is 7.11 Å². The maximum atomic E-state index is 5.60. The molecular weight excluding hydrogens is 362 g/mol. The third kappa shape index (κ3) is 3.24. The third-order valence-electron chi connectivity index (χ3n) is 7.89. The molecule has 4 rings (SSSR count). The summed E-state index contributed by atoms with van der Waals surface area (Å²) in [7, 11) is 1.68. The SMILES string of the molecule is CC[C@H]1CCC2C3CCc4cc(OSOON)c(OC)cc4C3CCC21C. The lowest BCUT2D eigenvalue weighted by molar-refractivity contribution is -0.199. The van der Waals surface area contributed by atoms with Gasteiger partial charge in [0.1, 0.15) is 0 Å². The second kappa shape index (κ2) is 7.82. The van der Waals surface area contributed by atoms with Gasteiger partial charge in [0.15, 0.2) is 11.5 Å². The molecule has 4 unspecified atom stereocenters. The Hall–Kier alpha value is -0.950. The van der Waals surface area contributed by atoms with Crippen molar-refractivity contribution in [2.45, 2.75) is 64.7 Å². The molecule has 0 radical (unpaired) electrons. The molecule has 0 aromatic heterocycles. The van der Waals surface area contributed by atoms with Gasteiger partial charge in [0.05, 0.1) is 7.11 Å². The van der Waals surface area contributed by atoms with Crippen LogP contribution in [0.1, 0.15) is 69.4 Å². The van der Waals surface area contributed by atoms with Gasteiger partial charge in [-0.1, -0.05) is 20.3 Å². The molecule has 0 aliphatic heterocycles. The van der Waals surface area contributed by atoms with Gasteiger partial charge in [-0.3, -0.25) is 0 Å². The fraction of sp³-hybridized carbons (Fsp3) is 0.714. The number of rotatable bonds is 6. The summed E-state index contributed by atoms with van der Waals surface area (Å²) in [5.74, 6) is 9.52. The Morgan fingerprint density at radius 2 is 2.04 bits per heavy atom. The first kappa shape index (κ1) is 19.4. The van der Waals surface area contributed by atoms with E-state index >= 15 is 0 Å². The van der Waals surface area contributed by atoms with Crippen LogP contribution in [0.25, 0.3) is 0 Å². The van der Waals surface area contributed by atoms with E-state index in [1.54, 1.807) is 7.11 Å². The van der Waals surface area contributed by atoms with Gasteiger partial charge in [-0.15, -0.1) is 9.32 Å². The summed E-state index contributed by atoms with van der Waals surface area (Å²) < 4.78 is 15.7. The standard InChI is InChI=1S/C21H31NO4S/c1-4-14-6-8-18-16-7-5-13-11-20(24-27-26-25-22)19(23-3)12-17(13)15(16)9-10-21(14,18)2/h11-12,14-16,18H,4-10,22H2,1-3H3/t14-,15?,16?,18?,21?/m0/s1. The maximum absolute atomic E-state index is 5.60. The third-order valence-corrected chi connectivity index (χ3v) is 8.27. The summed E-state index contributed by atoms with van der Waals surface area (Å²) in [5, 5.41) is 0. The van der Waals surface area contributed by atoms with Crippen LogP contribution in [0.5, 0.6) is 11.5 Å². The summed E-state index contributed by atoms with van der Waals surface area (Å²) in [6.45, 7) is 4.96. The van der Waals surface area contributed by atoms with Crippen LogP contribution in [0.2, 0.25) is 0 Å². The van der Waals surface area contributed by atoms with Crippen molar-refractivity contribution in [2.24, 2.45) is 29.1 Å². The number of benzene rings is 1. The lowest BCUT2D eigenvalue weighted by atomic mass is 9.54. The first-order chi connectivity index (χ1) is 13.1. The van der Waals surface area contributed by atoms with E-state index in [4.69, 9.17) is 14.8 Å². The molecule has 2 N–H and O–H groups in total. The largest absolute Gasteiger partial charge is 0.493 e. The topological polar surface area (TPSA) is 62.9 Å². The highest BCUT2D eigenvalue weighted by atomic mass is 32.2. The first-order valence-corrected chi connectivity index (χ1v) is 10.9. The Bertz CT molecular complexity index is 684. The minimum atomic E-state index is 0.552. The van der Waals surface area contributed by atoms with Gasteiger partial charge in [-0.05, 0) is 90.9 Å². The van der Waals surface area contributed by atoms with E-state index in [1.165, 1.54) is 49.7 Å². The molecule has 0 saturated heterocycles. The fourth-order valence-electron chi connectivity index (χ4n) is 6.65. The van der Waals surface area contributed by atoms with E-state index in [-0.39, 0.29) is 0 Å². The number of nitrogens with two attached hydrogens (primary N) is 1. The second-order valence-corrected chi connectivity index (χ2v) is 9.10. The zero-order valence-electron chi connectivity index (χ0n) is 16.5. The van der Waals surface area contributed by atoms with Gasteiger partial charge >= 0.3 is 0 Å². The van der Waals surface area contributed by atoms with E-state index in [2.05, 4.69) is 35.3 Å². The summed E-state index contributed by atoms with van der Waals surface area (Å²) >= 11 is 0.697. The Kier molecular flexibility index (Phi) is 5.61. The van der Waals surface area contributed by atoms with E-state index in [0.717, 1.165) is 29.9 Å². The van der Waals surface area contributed by atoms with Crippen LogP contribution < -0.4 is 14.8 Å². The normalized spacial score (nSPS) is 34.5. The fourth-order valence-corrected chi connectivity index (χ4v) is 6.91. The molecule has 0 heterocycles. The van der Waals surface area contributed by atoms with Crippen molar-refractivity contribution >= 4 is 12.3 Å². The maximum Gasteiger partial charge on any atom is 0.260 e. The van der Waals surface area contributed by atoms with Gasteiger partial charge in [-0.25, -0.2) is 0 Å². The Labute approximate surface area is 166 Å². The average molecular weight is 394 g/mol. The Morgan fingerprint density at radius 1 is 1.19 bits per heavy atom. The van der Waals surface area contributed by atoms with Crippen LogP contribution in [0.3, 0.4) is 0 Å². The number of methoxy groups -OCH3 is 1. The predicted molar refractivity (Wildman–Crippen MR) is 106 cm³/mol. The van der Waals surface area contributed by atoms with Crippen molar-refractivity contribution < 1.29 is 18.2 Å². The van der Waals surface area contributed by atoms with E-state index < -0.39 is 0 Å². The molecule has 2 saturated carbocycles. The average Bonchev–Trinajstić information content (AvgIpc) is 3.03. The number of fused-ring (bicyclic) bond motifs is 5. The van der Waals surface area contributed by atoms with E-state index in [0.29, 0.717) is 29.4 Å². The highest BCUT2D eigenvalue weighted by molar-refractivity contribution is 7.90. The van der Waals surface area contributed by atoms with Crippen molar-refractivity contribution in [3.8, 4) is 11.5 Å². The van der Waals surface area contributed by atoms with Crippen LogP contribution in [-0.4, -0.2) is 7.11 Å². The first-order valence-electron chi connectivity index (χ1n) is 10.2. The molecule has 0 bridgehead atoms. The molecule has 5 nitrogen and oxygen atoms in total. The van der Waals surface area contributed by atoms with Crippen molar-refractivity contribution in [1.29, 1.82) is 0 Å². The molecule has 3 aliphatic rings. The van der Waals surface area contributed by atoms with Gasteiger partial charge < -0.3 is 8.92 Å². The summed E-state index contributed by atoms with van der Waals surface area (Å²) in [4.78, 5) is 4.08. The van der Waals surface area contributed by atoms with Gasteiger partial charge in [0, 0.05) is 0 Å². The van der Waals surface area contributed by atoms with Crippen LogP contribution in [0.4, 0.5) is 0 Å². The van der Waals surface area contributed by atoms with E-state index in [9.17, 15) is 0 Å². The molecule has 2 fully saturated rings. The molecule has 1 aromatic carbocycles. The zero-order chi connectivity index (χ0) is 19.0. The molecule has 150 valence electrons. The zero-order valence-corrected chi connectivity index (χ0v) is 17.3. The summed E-state index contributed by atoms with van der Waals surface area (Å²) in [6.07, 6.45) is 9.22. The van der Waals surface area contributed by atoms with Gasteiger partial charge in [-0.2, -0.15) is 5.90 Å². The lowest BCUT2D eigenvalue weighted by Crippen LogP contribution is -2.42. The van der Waals surface area contributed by atoms with Gasteiger partial charge in [0.2, 0.25) is 0 Å². The molecule has 1 aromatic rings. The van der Waals surface area contributed by atoms with Crippen LogP contribution in [-0.2, 0) is 15.7 Å². The minimum absolute atomic E-state index is 0.552. The van der Waals surface area contributed by atoms with Gasteiger partial charge in [0.25, 0.3) is 12.3 Å². The number of ether oxygens (including phenoxy) is 1. The quantitative estimate of drug-likeness (QED) is 0.305. The van der Waals surface area contributed by atoms with Crippen molar-refractivity contribution in [3.05, 3.63) is 23.3 Å². The minimum Gasteiger partial charge on any atom is -0.493 e. The molecule has 6 heteroatoms. The Morgan fingerprint density at radius 3 is 2.78 bits per heavy atom. The van der Waals surface area contributed by atoms with Crippen molar-refractivity contribution in [1.82, 2.24) is 0 Å². The molecule has 27 heavy (non-hydrogen) atoms. The lowest BCUT2D eigenvalue weighted by Gasteiger charge is -2.51. The number of aryl methyl sites for hydroxylation is 1. The monoisotopic (exact) mass is 393 g/mol. The smallest absolute Gasteiger partial charge is 0.260 e. The highest BCUT2D eigenvalue weighted by Gasteiger charge is 2.54. The number of hydrogen-bond acceptors (Lipinski definition) is 6. The predicted octanol–water partition coefficient (Wildman–Crippen LogP) is 5.34. The van der Waals surface area contributed by atoms with Crippen LogP contribution >= 0.6 is 12.3 Å². The second-order valence-electron chi connectivity index (χ2n) is 8.66. The van der Waals surface area contributed by atoms with E-state index in [1.807, 2.05) is 0 Å². The summed E-state index contributed by atoms with van der Waals surface area (Å²) in [6, 6.07) is 4.30. The highest BCUT2D eigenvalue weighted by Crippen LogP contribution is 2.63. The Balaban J connectivity index is 1.61. The molecule has 3 aliphatic carbocycles.